The van der Waals surface area contributed by atoms with Crippen LogP contribution in [0, 0.1) is 0 Å². The van der Waals surface area contributed by atoms with Gasteiger partial charge in [0.1, 0.15) is 24.4 Å². The maximum Gasteiger partial charge on any atom is 0.325 e. The molecule has 3 rings (SSSR count). The molecule has 152 valence electrons. The zero-order chi connectivity index (χ0) is 20.7. The molecular weight excluding hydrogens is 370 g/mol. The monoisotopic (exact) mass is 395 g/mol. The number of nitrogens with one attached hydrogen (secondary N) is 2. The van der Waals surface area contributed by atoms with Crippen LogP contribution in [0.3, 0.4) is 0 Å². The van der Waals surface area contributed by atoms with Gasteiger partial charge in [0.2, 0.25) is 5.91 Å². The normalized spacial score (nSPS) is 18.4. The second kappa shape index (κ2) is 9.23. The summed E-state index contributed by atoms with van der Waals surface area (Å²) in [6, 6.07) is 17.9. The molecule has 0 radical (unpaired) electrons. The van der Waals surface area contributed by atoms with Crippen LogP contribution in [0.2, 0.25) is 0 Å². The lowest BCUT2D eigenvalue weighted by Gasteiger charge is -2.26. The van der Waals surface area contributed by atoms with Gasteiger partial charge in [-0.15, -0.1) is 0 Å². The number of carbonyl (C=O) groups excluding carboxylic acids is 3. The predicted octanol–water partition coefficient (Wildman–Crippen LogP) is 2.43. The molecule has 1 saturated heterocycles. The molecule has 1 heterocycles. The number of rotatable bonds is 9. The highest BCUT2D eigenvalue weighted by Gasteiger charge is 2.52. The lowest BCUT2D eigenvalue weighted by atomic mass is 9.85. The standard InChI is InChI=1S/C22H25N3O4/c1-2-13-22(17-9-5-3-6-10-17)20(27)25(21(28)24-22)16-19(26)23-14-15-29-18-11-7-4-8-12-18/h3-12H,2,13-16H2,1H3,(H,23,26)(H,24,28). The molecule has 7 heteroatoms. The van der Waals surface area contributed by atoms with Gasteiger partial charge >= 0.3 is 6.03 Å². The Morgan fingerprint density at radius 1 is 1.07 bits per heavy atom. The van der Waals surface area contributed by atoms with Crippen LogP contribution in [0.5, 0.6) is 5.75 Å². The van der Waals surface area contributed by atoms with E-state index in [0.29, 0.717) is 25.2 Å². The number of urea groups is 1. The minimum atomic E-state index is -1.12. The molecule has 1 unspecified atom stereocenters. The maximum absolute atomic E-state index is 13.1. The van der Waals surface area contributed by atoms with Gasteiger partial charge < -0.3 is 15.4 Å². The summed E-state index contributed by atoms with van der Waals surface area (Å²) in [5.74, 6) is -0.0974. The predicted molar refractivity (Wildman–Crippen MR) is 108 cm³/mol. The van der Waals surface area contributed by atoms with Gasteiger partial charge in [-0.2, -0.15) is 0 Å². The third kappa shape index (κ3) is 4.56. The largest absolute Gasteiger partial charge is 0.492 e. The van der Waals surface area contributed by atoms with Crippen molar-refractivity contribution in [3.05, 3.63) is 66.2 Å². The average molecular weight is 395 g/mol. The Kier molecular flexibility index (Phi) is 6.49. The fourth-order valence-corrected chi connectivity index (χ4v) is 3.45. The van der Waals surface area contributed by atoms with E-state index in [9.17, 15) is 14.4 Å². The lowest BCUT2D eigenvalue weighted by molar-refractivity contribution is -0.135. The first-order valence-electron chi connectivity index (χ1n) is 9.71. The number of carbonyl (C=O) groups is 3. The first-order chi connectivity index (χ1) is 14.1. The molecular formula is C22H25N3O4. The van der Waals surface area contributed by atoms with Crippen molar-refractivity contribution in [3.63, 3.8) is 0 Å². The van der Waals surface area contributed by atoms with Crippen LogP contribution in [0.1, 0.15) is 25.3 Å². The van der Waals surface area contributed by atoms with E-state index in [0.717, 1.165) is 10.5 Å². The zero-order valence-electron chi connectivity index (χ0n) is 16.4. The molecule has 7 nitrogen and oxygen atoms in total. The summed E-state index contributed by atoms with van der Waals surface area (Å²) in [6.07, 6.45) is 1.17. The molecule has 2 N–H and O–H groups in total. The van der Waals surface area contributed by atoms with Crippen LogP contribution in [0.25, 0.3) is 0 Å². The molecule has 0 spiro atoms. The SMILES string of the molecule is CCCC1(c2ccccc2)NC(=O)N(CC(=O)NCCOc2ccccc2)C1=O. The molecule has 4 amide bonds. The minimum absolute atomic E-state index is 0.274. The lowest BCUT2D eigenvalue weighted by Crippen LogP contribution is -2.45. The number of hydrogen-bond acceptors (Lipinski definition) is 4. The van der Waals surface area contributed by atoms with Crippen molar-refractivity contribution in [2.75, 3.05) is 19.7 Å². The molecule has 0 aromatic heterocycles. The van der Waals surface area contributed by atoms with E-state index in [2.05, 4.69) is 10.6 Å². The number of hydrogen-bond donors (Lipinski definition) is 2. The van der Waals surface area contributed by atoms with Gasteiger partial charge in [-0.25, -0.2) is 4.79 Å². The van der Waals surface area contributed by atoms with Crippen LogP contribution in [0.15, 0.2) is 60.7 Å². The van der Waals surface area contributed by atoms with Crippen LogP contribution in [0.4, 0.5) is 4.79 Å². The van der Waals surface area contributed by atoms with Gasteiger partial charge in [-0.1, -0.05) is 61.9 Å². The van der Waals surface area contributed by atoms with E-state index in [-0.39, 0.29) is 13.1 Å². The van der Waals surface area contributed by atoms with Crippen molar-refractivity contribution in [2.24, 2.45) is 0 Å². The fraction of sp³-hybridized carbons (Fsp3) is 0.318. The number of imide groups is 1. The molecule has 29 heavy (non-hydrogen) atoms. The van der Waals surface area contributed by atoms with E-state index in [1.807, 2.05) is 67.6 Å². The van der Waals surface area contributed by atoms with E-state index >= 15 is 0 Å². The average Bonchev–Trinajstić information content (AvgIpc) is 2.98. The number of benzene rings is 2. The van der Waals surface area contributed by atoms with Gasteiger partial charge in [-0.05, 0) is 24.1 Å². The quantitative estimate of drug-likeness (QED) is 0.504. The molecule has 0 aliphatic carbocycles. The van der Waals surface area contributed by atoms with Gasteiger partial charge in [0.15, 0.2) is 0 Å². The zero-order valence-corrected chi connectivity index (χ0v) is 16.4. The Balaban J connectivity index is 1.58. The molecule has 1 aliphatic rings. The summed E-state index contributed by atoms with van der Waals surface area (Å²) in [5, 5.41) is 5.49. The van der Waals surface area contributed by atoms with E-state index in [1.54, 1.807) is 0 Å². The number of nitrogens with zero attached hydrogens (tertiary/aromatic N) is 1. The van der Waals surface area contributed by atoms with Crippen LogP contribution in [-0.4, -0.2) is 42.4 Å². The molecule has 0 bridgehead atoms. The second-order valence-corrected chi connectivity index (χ2v) is 6.85. The molecule has 0 saturated carbocycles. The van der Waals surface area contributed by atoms with Crippen molar-refractivity contribution in [1.29, 1.82) is 0 Å². The van der Waals surface area contributed by atoms with E-state index in [4.69, 9.17) is 4.74 Å². The topological polar surface area (TPSA) is 87.7 Å². The summed E-state index contributed by atoms with van der Waals surface area (Å²) in [7, 11) is 0. The summed E-state index contributed by atoms with van der Waals surface area (Å²) >= 11 is 0. The van der Waals surface area contributed by atoms with Crippen molar-refractivity contribution < 1.29 is 19.1 Å². The van der Waals surface area contributed by atoms with E-state index in [1.165, 1.54) is 0 Å². The highest BCUT2D eigenvalue weighted by atomic mass is 16.5. The van der Waals surface area contributed by atoms with Gasteiger partial charge in [0, 0.05) is 0 Å². The Morgan fingerprint density at radius 2 is 1.72 bits per heavy atom. The Bertz CT molecular complexity index is 857. The first-order valence-corrected chi connectivity index (χ1v) is 9.71. The third-order valence-electron chi connectivity index (χ3n) is 4.81. The number of ether oxygens (including phenoxy) is 1. The van der Waals surface area contributed by atoms with Gasteiger partial charge in [0.05, 0.1) is 6.54 Å². The molecule has 1 atom stereocenters. The number of para-hydroxylation sites is 1. The summed E-state index contributed by atoms with van der Waals surface area (Å²) in [6.45, 7) is 2.19. The Morgan fingerprint density at radius 3 is 2.38 bits per heavy atom. The fourth-order valence-electron chi connectivity index (χ4n) is 3.45. The van der Waals surface area contributed by atoms with E-state index < -0.39 is 23.4 Å². The Hall–Kier alpha value is -3.35. The minimum Gasteiger partial charge on any atom is -0.492 e. The number of amides is 4. The molecule has 1 fully saturated rings. The van der Waals surface area contributed by atoms with Gasteiger partial charge in [0.25, 0.3) is 5.91 Å². The summed E-state index contributed by atoms with van der Waals surface area (Å²) in [4.78, 5) is 38.9. The van der Waals surface area contributed by atoms with Crippen LogP contribution >= 0.6 is 0 Å². The molecule has 1 aliphatic heterocycles. The third-order valence-corrected chi connectivity index (χ3v) is 4.81. The highest BCUT2D eigenvalue weighted by molar-refractivity contribution is 6.09. The molecule has 2 aromatic carbocycles. The smallest absolute Gasteiger partial charge is 0.325 e. The summed E-state index contributed by atoms with van der Waals surface area (Å²) < 4.78 is 5.52. The van der Waals surface area contributed by atoms with Crippen LogP contribution < -0.4 is 15.4 Å². The van der Waals surface area contributed by atoms with Crippen molar-refractivity contribution in [3.8, 4) is 5.75 Å². The van der Waals surface area contributed by atoms with Crippen molar-refractivity contribution >= 4 is 17.8 Å². The maximum atomic E-state index is 13.1. The van der Waals surface area contributed by atoms with Crippen molar-refractivity contribution in [2.45, 2.75) is 25.3 Å². The summed E-state index contributed by atoms with van der Waals surface area (Å²) in [5.41, 5.74) is -0.400. The van der Waals surface area contributed by atoms with Crippen LogP contribution in [-0.2, 0) is 15.1 Å². The second-order valence-electron chi connectivity index (χ2n) is 6.85. The Labute approximate surface area is 170 Å². The van der Waals surface area contributed by atoms with Gasteiger partial charge in [-0.3, -0.25) is 14.5 Å². The molecule has 2 aromatic rings. The first kappa shape index (κ1) is 20.4. The highest BCUT2D eigenvalue weighted by Crippen LogP contribution is 2.33. The van der Waals surface area contributed by atoms with Crippen molar-refractivity contribution in [1.82, 2.24) is 15.5 Å².